The SMILES string of the molecule is NCC1c2ccccc2CCN1C1CCCCNC1=O. The van der Waals surface area contributed by atoms with E-state index in [1.54, 1.807) is 0 Å². The standard InChI is InChI=1S/C16H23N3O/c17-11-15-13-6-2-1-5-12(13)8-10-19(15)14-7-3-4-9-18-16(14)20/h1-2,5-6,14-15H,3-4,7-11,17H2,(H,18,20). The van der Waals surface area contributed by atoms with Crippen molar-refractivity contribution in [2.24, 2.45) is 5.73 Å². The normalized spacial score (nSPS) is 27.6. The minimum absolute atomic E-state index is 0.0144. The van der Waals surface area contributed by atoms with E-state index in [0.29, 0.717) is 6.54 Å². The minimum atomic E-state index is -0.0144. The summed E-state index contributed by atoms with van der Waals surface area (Å²) in [6, 6.07) is 8.66. The Morgan fingerprint density at radius 2 is 2.15 bits per heavy atom. The average Bonchev–Trinajstić information content (AvgIpc) is 2.70. The van der Waals surface area contributed by atoms with E-state index in [9.17, 15) is 4.79 Å². The van der Waals surface area contributed by atoms with Gasteiger partial charge in [-0.15, -0.1) is 0 Å². The van der Waals surface area contributed by atoms with Crippen LogP contribution in [0.2, 0.25) is 0 Å². The van der Waals surface area contributed by atoms with Crippen molar-refractivity contribution in [2.75, 3.05) is 19.6 Å². The molecular formula is C16H23N3O. The lowest BCUT2D eigenvalue weighted by Crippen LogP contribution is -2.51. The van der Waals surface area contributed by atoms with Crippen molar-refractivity contribution < 1.29 is 4.79 Å². The van der Waals surface area contributed by atoms with Gasteiger partial charge in [0.15, 0.2) is 0 Å². The van der Waals surface area contributed by atoms with E-state index in [0.717, 1.165) is 38.8 Å². The third-order valence-corrected chi connectivity index (χ3v) is 4.58. The fourth-order valence-electron chi connectivity index (χ4n) is 3.55. The molecule has 4 nitrogen and oxygen atoms in total. The predicted molar refractivity (Wildman–Crippen MR) is 79.3 cm³/mol. The topological polar surface area (TPSA) is 58.4 Å². The molecule has 1 saturated heterocycles. The van der Waals surface area contributed by atoms with Crippen molar-refractivity contribution in [2.45, 2.75) is 37.8 Å². The van der Waals surface area contributed by atoms with Crippen molar-refractivity contribution in [1.82, 2.24) is 10.2 Å². The summed E-state index contributed by atoms with van der Waals surface area (Å²) < 4.78 is 0. The molecule has 108 valence electrons. The molecule has 2 aliphatic rings. The molecule has 1 aromatic carbocycles. The van der Waals surface area contributed by atoms with Gasteiger partial charge in [-0.05, 0) is 36.8 Å². The summed E-state index contributed by atoms with van der Waals surface area (Å²) in [7, 11) is 0. The average molecular weight is 273 g/mol. The number of carbonyl (C=O) groups excluding carboxylic acids is 1. The smallest absolute Gasteiger partial charge is 0.237 e. The highest BCUT2D eigenvalue weighted by atomic mass is 16.2. The number of carbonyl (C=O) groups is 1. The molecule has 2 aliphatic heterocycles. The summed E-state index contributed by atoms with van der Waals surface area (Å²) in [6.45, 7) is 2.31. The zero-order valence-electron chi connectivity index (χ0n) is 11.8. The Hall–Kier alpha value is -1.39. The number of nitrogens with one attached hydrogen (secondary N) is 1. The van der Waals surface area contributed by atoms with E-state index < -0.39 is 0 Å². The molecule has 1 fully saturated rings. The first-order chi connectivity index (χ1) is 9.81. The van der Waals surface area contributed by atoms with Gasteiger partial charge in [0.05, 0.1) is 6.04 Å². The van der Waals surface area contributed by atoms with Crippen molar-refractivity contribution in [3.63, 3.8) is 0 Å². The summed E-state index contributed by atoms with van der Waals surface area (Å²) in [6.07, 6.45) is 4.15. The number of nitrogens with zero attached hydrogens (tertiary/aromatic N) is 1. The van der Waals surface area contributed by atoms with Gasteiger partial charge in [0.25, 0.3) is 0 Å². The Labute approximate surface area is 120 Å². The van der Waals surface area contributed by atoms with Crippen LogP contribution >= 0.6 is 0 Å². The highest BCUT2D eigenvalue weighted by Gasteiger charge is 2.35. The molecule has 3 rings (SSSR count). The summed E-state index contributed by atoms with van der Waals surface area (Å²) >= 11 is 0. The minimum Gasteiger partial charge on any atom is -0.355 e. The third-order valence-electron chi connectivity index (χ3n) is 4.58. The van der Waals surface area contributed by atoms with Crippen LogP contribution in [0.25, 0.3) is 0 Å². The van der Waals surface area contributed by atoms with Gasteiger partial charge in [-0.1, -0.05) is 24.3 Å². The van der Waals surface area contributed by atoms with E-state index in [2.05, 4.69) is 34.5 Å². The molecular weight excluding hydrogens is 250 g/mol. The lowest BCUT2D eigenvalue weighted by molar-refractivity contribution is -0.127. The van der Waals surface area contributed by atoms with Gasteiger partial charge in [-0.2, -0.15) is 0 Å². The molecule has 1 aromatic rings. The molecule has 0 aromatic heterocycles. The van der Waals surface area contributed by atoms with Crippen LogP contribution in [0.3, 0.4) is 0 Å². The fraction of sp³-hybridized carbons (Fsp3) is 0.562. The Balaban J connectivity index is 1.88. The first kappa shape index (κ1) is 13.6. The highest BCUT2D eigenvalue weighted by molar-refractivity contribution is 5.82. The molecule has 0 aliphatic carbocycles. The molecule has 0 bridgehead atoms. The molecule has 0 saturated carbocycles. The van der Waals surface area contributed by atoms with E-state index in [1.165, 1.54) is 11.1 Å². The Morgan fingerprint density at radius 3 is 3.00 bits per heavy atom. The first-order valence-electron chi connectivity index (χ1n) is 7.62. The summed E-state index contributed by atoms with van der Waals surface area (Å²) in [5.74, 6) is 0.181. The molecule has 0 radical (unpaired) electrons. The second-order valence-corrected chi connectivity index (χ2v) is 5.74. The molecule has 3 N–H and O–H groups in total. The predicted octanol–water partition coefficient (Wildman–Crippen LogP) is 1.21. The number of amides is 1. The van der Waals surface area contributed by atoms with E-state index in [-0.39, 0.29) is 18.0 Å². The van der Waals surface area contributed by atoms with Gasteiger partial charge < -0.3 is 11.1 Å². The first-order valence-corrected chi connectivity index (χ1v) is 7.62. The maximum Gasteiger partial charge on any atom is 0.237 e. The van der Waals surface area contributed by atoms with Crippen LogP contribution in [0.1, 0.15) is 36.4 Å². The van der Waals surface area contributed by atoms with Gasteiger partial charge in [0.2, 0.25) is 5.91 Å². The van der Waals surface area contributed by atoms with Crippen LogP contribution in [0.15, 0.2) is 24.3 Å². The maximum absolute atomic E-state index is 12.3. The number of nitrogens with two attached hydrogens (primary N) is 1. The second-order valence-electron chi connectivity index (χ2n) is 5.74. The van der Waals surface area contributed by atoms with Crippen molar-refractivity contribution in [1.29, 1.82) is 0 Å². The molecule has 2 atom stereocenters. The second kappa shape index (κ2) is 5.94. The van der Waals surface area contributed by atoms with Crippen molar-refractivity contribution in [3.05, 3.63) is 35.4 Å². The molecule has 2 heterocycles. The summed E-state index contributed by atoms with van der Waals surface area (Å²) in [5, 5.41) is 3.04. The molecule has 0 spiro atoms. The fourth-order valence-corrected chi connectivity index (χ4v) is 3.55. The van der Waals surface area contributed by atoms with Crippen LogP contribution in [0.5, 0.6) is 0 Å². The van der Waals surface area contributed by atoms with Crippen LogP contribution < -0.4 is 11.1 Å². The van der Waals surface area contributed by atoms with Gasteiger partial charge in [0.1, 0.15) is 0 Å². The van der Waals surface area contributed by atoms with Crippen LogP contribution in [-0.2, 0) is 11.2 Å². The number of hydrogen-bond donors (Lipinski definition) is 2. The Morgan fingerprint density at radius 1 is 1.30 bits per heavy atom. The Bertz CT molecular complexity index is 488. The van der Waals surface area contributed by atoms with Crippen LogP contribution in [0, 0.1) is 0 Å². The van der Waals surface area contributed by atoms with Gasteiger partial charge in [-0.3, -0.25) is 9.69 Å². The molecule has 4 heteroatoms. The number of fused-ring (bicyclic) bond motifs is 1. The lowest BCUT2D eigenvalue weighted by Gasteiger charge is -2.40. The monoisotopic (exact) mass is 273 g/mol. The van der Waals surface area contributed by atoms with Crippen molar-refractivity contribution in [3.8, 4) is 0 Å². The van der Waals surface area contributed by atoms with E-state index in [1.807, 2.05) is 0 Å². The highest BCUT2D eigenvalue weighted by Crippen LogP contribution is 2.32. The van der Waals surface area contributed by atoms with Gasteiger partial charge in [-0.25, -0.2) is 0 Å². The molecule has 2 unspecified atom stereocenters. The zero-order valence-corrected chi connectivity index (χ0v) is 11.8. The van der Waals surface area contributed by atoms with Crippen molar-refractivity contribution >= 4 is 5.91 Å². The zero-order chi connectivity index (χ0) is 13.9. The molecule has 1 amide bonds. The molecule has 20 heavy (non-hydrogen) atoms. The Kier molecular flexibility index (Phi) is 4.03. The summed E-state index contributed by atoms with van der Waals surface area (Å²) in [4.78, 5) is 14.6. The summed E-state index contributed by atoms with van der Waals surface area (Å²) in [5.41, 5.74) is 8.71. The maximum atomic E-state index is 12.3. The van der Waals surface area contributed by atoms with Gasteiger partial charge in [0, 0.05) is 25.7 Å². The lowest BCUT2D eigenvalue weighted by atomic mass is 9.90. The van der Waals surface area contributed by atoms with E-state index in [4.69, 9.17) is 5.73 Å². The van der Waals surface area contributed by atoms with Crippen LogP contribution in [-0.4, -0.2) is 36.5 Å². The van der Waals surface area contributed by atoms with Crippen LogP contribution in [0.4, 0.5) is 0 Å². The number of benzene rings is 1. The number of rotatable bonds is 2. The van der Waals surface area contributed by atoms with E-state index >= 15 is 0 Å². The number of hydrogen-bond acceptors (Lipinski definition) is 3. The largest absolute Gasteiger partial charge is 0.355 e. The quantitative estimate of drug-likeness (QED) is 0.851. The van der Waals surface area contributed by atoms with Gasteiger partial charge >= 0.3 is 0 Å². The third kappa shape index (κ3) is 2.45.